The predicted octanol–water partition coefficient (Wildman–Crippen LogP) is 0.447. The van der Waals surface area contributed by atoms with Crippen molar-refractivity contribution in [3.05, 3.63) is 22.6 Å². The van der Waals surface area contributed by atoms with Crippen molar-refractivity contribution in [3.8, 4) is 0 Å². The van der Waals surface area contributed by atoms with Crippen LogP contribution in [0.2, 0.25) is 0 Å². The molecule has 0 radical (unpaired) electrons. The zero-order chi connectivity index (χ0) is 12.3. The Balaban J connectivity index is 2.40. The van der Waals surface area contributed by atoms with Gasteiger partial charge in [-0.1, -0.05) is 0 Å². The highest BCUT2D eigenvalue weighted by Gasteiger charge is 2.40. The average Bonchev–Trinajstić information content (AvgIpc) is 2.30. The molecule has 1 fully saturated rings. The van der Waals surface area contributed by atoms with Gasteiger partial charge in [0, 0.05) is 6.07 Å². The molecular weight excluding hydrogens is 222 g/mol. The van der Waals surface area contributed by atoms with E-state index in [1.165, 1.54) is 0 Å². The lowest BCUT2D eigenvalue weighted by molar-refractivity contribution is -0.196. The third-order valence-corrected chi connectivity index (χ3v) is 2.93. The van der Waals surface area contributed by atoms with Crippen LogP contribution in [0.15, 0.2) is 17.1 Å². The highest BCUT2D eigenvalue weighted by molar-refractivity contribution is 5.37. The summed E-state index contributed by atoms with van der Waals surface area (Å²) < 4.78 is 5.74. The van der Waals surface area contributed by atoms with Crippen molar-refractivity contribution in [1.29, 1.82) is 0 Å². The molecule has 6 heteroatoms. The molecule has 1 aromatic rings. The van der Waals surface area contributed by atoms with Gasteiger partial charge in [-0.15, -0.1) is 4.65 Å². The summed E-state index contributed by atoms with van der Waals surface area (Å²) in [5.41, 5.74) is 0.395. The van der Waals surface area contributed by atoms with E-state index in [-0.39, 0.29) is 16.3 Å². The van der Waals surface area contributed by atoms with Crippen molar-refractivity contribution < 1.29 is 9.57 Å². The van der Waals surface area contributed by atoms with Gasteiger partial charge in [-0.25, -0.2) is 5.10 Å². The first-order chi connectivity index (χ1) is 8.18. The average molecular weight is 240 g/mol. The van der Waals surface area contributed by atoms with Crippen molar-refractivity contribution >= 4 is 5.69 Å². The second-order valence-electron chi connectivity index (χ2n) is 4.17. The molecule has 0 aliphatic carbocycles. The van der Waals surface area contributed by atoms with E-state index in [4.69, 9.17) is 9.57 Å². The van der Waals surface area contributed by atoms with Crippen LogP contribution in [0, 0.1) is 0 Å². The predicted molar refractivity (Wildman–Crippen MR) is 63.4 cm³/mol. The molecule has 1 N–H and O–H groups in total. The van der Waals surface area contributed by atoms with E-state index < -0.39 is 0 Å². The number of nitrogens with zero attached hydrogens (tertiary/aromatic N) is 2. The molecule has 1 aromatic heterocycles. The smallest absolute Gasteiger partial charge is 0.328 e. The van der Waals surface area contributed by atoms with Crippen LogP contribution in [0.4, 0.5) is 5.69 Å². The fourth-order valence-electron chi connectivity index (χ4n) is 2.27. The summed E-state index contributed by atoms with van der Waals surface area (Å²) in [7, 11) is 0. The number of nitrogens with one attached hydrogen (secondary N) is 1. The van der Waals surface area contributed by atoms with Crippen LogP contribution >= 0.6 is 0 Å². The van der Waals surface area contributed by atoms with Crippen molar-refractivity contribution in [1.82, 2.24) is 14.8 Å². The third-order valence-electron chi connectivity index (χ3n) is 2.93. The number of aromatic nitrogens is 2. The van der Waals surface area contributed by atoms with E-state index in [1.54, 1.807) is 12.3 Å². The second kappa shape index (κ2) is 4.95. The number of morpholine rings is 1. The lowest BCUT2D eigenvalue weighted by Gasteiger charge is -2.38. The topological polar surface area (TPSA) is 64.2 Å². The molecule has 1 aliphatic heterocycles. The fraction of sp³-hybridized carbons (Fsp3) is 0.636. The molecule has 0 spiro atoms. The van der Waals surface area contributed by atoms with E-state index in [1.807, 2.05) is 13.8 Å². The third kappa shape index (κ3) is 2.38. The Labute approximate surface area is 99.7 Å². The number of quaternary nitrogens is 1. The Morgan fingerprint density at radius 2 is 2.53 bits per heavy atom. The Hall–Kier alpha value is -1.24. The lowest BCUT2D eigenvalue weighted by Crippen LogP contribution is -2.60. The van der Waals surface area contributed by atoms with E-state index in [0.717, 1.165) is 0 Å². The molecule has 6 nitrogen and oxygen atoms in total. The van der Waals surface area contributed by atoms with Crippen molar-refractivity contribution in [3.63, 3.8) is 0 Å². The molecular formula is C11H18N3O3+. The number of hydroxylamine groups is 2. The van der Waals surface area contributed by atoms with Crippen LogP contribution in [0.5, 0.6) is 0 Å². The van der Waals surface area contributed by atoms with Crippen molar-refractivity contribution in [2.24, 2.45) is 0 Å². The maximum atomic E-state index is 11.9. The molecule has 2 unspecified atom stereocenters. The molecule has 0 amide bonds. The summed E-state index contributed by atoms with van der Waals surface area (Å²) in [6.07, 6.45) is 1.65. The molecule has 0 bridgehead atoms. The molecule has 2 rings (SSSR count). The number of hydrogen-bond acceptors (Lipinski definition) is 4. The van der Waals surface area contributed by atoms with Crippen LogP contribution in [0.3, 0.4) is 0 Å². The molecule has 0 aromatic carbocycles. The van der Waals surface area contributed by atoms with Gasteiger partial charge in [0.15, 0.2) is 0 Å². The van der Waals surface area contributed by atoms with Crippen LogP contribution in [-0.2, 0) is 9.57 Å². The Morgan fingerprint density at radius 3 is 3.18 bits per heavy atom. The minimum absolute atomic E-state index is 0.0721. The van der Waals surface area contributed by atoms with Gasteiger partial charge in [0.2, 0.25) is 5.69 Å². The maximum absolute atomic E-state index is 11.9. The van der Waals surface area contributed by atoms with E-state index in [0.29, 0.717) is 32.0 Å². The number of ether oxygens (including phenoxy) is 1. The van der Waals surface area contributed by atoms with Crippen LogP contribution in [0.25, 0.3) is 0 Å². The van der Waals surface area contributed by atoms with Crippen LogP contribution in [0.1, 0.15) is 13.8 Å². The molecule has 1 saturated heterocycles. The Kier molecular flexibility index (Phi) is 3.56. The quantitative estimate of drug-likeness (QED) is 0.779. The van der Waals surface area contributed by atoms with Gasteiger partial charge in [0.05, 0.1) is 12.8 Å². The van der Waals surface area contributed by atoms with Gasteiger partial charge in [-0.3, -0.25) is 4.79 Å². The molecule has 0 saturated carbocycles. The number of hydrogen-bond donors (Lipinski definition) is 1. The van der Waals surface area contributed by atoms with Gasteiger partial charge in [-0.05, 0) is 13.8 Å². The van der Waals surface area contributed by atoms with Crippen molar-refractivity contribution in [2.75, 3.05) is 26.3 Å². The normalized spacial score (nSPS) is 29.2. The van der Waals surface area contributed by atoms with Gasteiger partial charge < -0.3 is 4.74 Å². The van der Waals surface area contributed by atoms with Crippen LogP contribution in [-0.4, -0.2) is 42.6 Å². The molecule has 2 heterocycles. The summed E-state index contributed by atoms with van der Waals surface area (Å²) >= 11 is 0. The van der Waals surface area contributed by atoms with Crippen molar-refractivity contribution in [2.45, 2.75) is 20.0 Å². The van der Waals surface area contributed by atoms with E-state index >= 15 is 0 Å². The van der Waals surface area contributed by atoms with E-state index in [9.17, 15) is 4.79 Å². The first-order valence-corrected chi connectivity index (χ1v) is 5.85. The van der Waals surface area contributed by atoms with Gasteiger partial charge in [0.25, 0.3) is 0 Å². The molecule has 17 heavy (non-hydrogen) atoms. The van der Waals surface area contributed by atoms with Crippen LogP contribution < -0.4 is 10.2 Å². The Morgan fingerprint density at radius 1 is 1.71 bits per heavy atom. The standard InChI is InChI=1S/C11H17N3O3/c1-3-17-14(6-7-16-9(2)8-14)10-4-5-12-13-11(10)15/h4-5,9H,3,6-8H2,1-2H3/p+1. The first kappa shape index (κ1) is 12.2. The molecule has 1 aliphatic rings. The highest BCUT2D eigenvalue weighted by atomic mass is 16.7. The highest BCUT2D eigenvalue weighted by Crippen LogP contribution is 2.23. The Bertz CT molecular complexity index is 430. The van der Waals surface area contributed by atoms with Gasteiger partial charge >= 0.3 is 5.56 Å². The second-order valence-corrected chi connectivity index (χ2v) is 4.17. The summed E-state index contributed by atoms with van der Waals surface area (Å²) in [6.45, 7) is 6.33. The summed E-state index contributed by atoms with van der Waals surface area (Å²) in [6, 6.07) is 1.71. The summed E-state index contributed by atoms with van der Waals surface area (Å²) in [5, 5.41) is 6.17. The molecule has 94 valence electrons. The number of H-pyrrole nitrogens is 1. The largest absolute Gasteiger partial charge is 0.367 e. The maximum Gasteiger partial charge on any atom is 0.328 e. The SMILES string of the molecule is CCO[N+]1(c2ccn[nH]c2=O)CCOC(C)C1. The minimum Gasteiger partial charge on any atom is -0.367 e. The zero-order valence-corrected chi connectivity index (χ0v) is 10.2. The number of rotatable bonds is 3. The van der Waals surface area contributed by atoms with Gasteiger partial charge in [0.1, 0.15) is 25.8 Å². The van der Waals surface area contributed by atoms with Gasteiger partial charge in [-0.2, -0.15) is 9.94 Å². The zero-order valence-electron chi connectivity index (χ0n) is 10.2. The van der Waals surface area contributed by atoms with E-state index in [2.05, 4.69) is 10.2 Å². The molecule has 2 atom stereocenters. The lowest BCUT2D eigenvalue weighted by atomic mass is 10.2. The first-order valence-electron chi connectivity index (χ1n) is 5.85. The minimum atomic E-state index is -0.199. The summed E-state index contributed by atoms with van der Waals surface area (Å²) in [4.78, 5) is 17.7. The summed E-state index contributed by atoms with van der Waals surface area (Å²) in [5.74, 6) is 0. The number of aromatic amines is 1. The fourth-order valence-corrected chi connectivity index (χ4v) is 2.27. The monoisotopic (exact) mass is 240 g/mol.